The number of para-hydroxylation sites is 1. The number of tetrazole rings is 1. The van der Waals surface area contributed by atoms with Gasteiger partial charge in [-0.2, -0.15) is 0 Å². The van der Waals surface area contributed by atoms with Crippen molar-refractivity contribution in [1.82, 2.24) is 20.2 Å². The molecule has 3 rings (SSSR count). The van der Waals surface area contributed by atoms with Crippen LogP contribution in [0.1, 0.15) is 6.92 Å². The molecule has 0 bridgehead atoms. The lowest BCUT2D eigenvalue weighted by Gasteiger charge is -2.14. The molecule has 1 aromatic heterocycles. The first-order valence-corrected chi connectivity index (χ1v) is 7.47. The highest BCUT2D eigenvalue weighted by atomic mass is 35.5. The minimum Gasteiger partial charge on any atom is -0.477 e. The molecule has 0 amide bonds. The first kappa shape index (κ1) is 15.9. The third-order valence-corrected chi connectivity index (χ3v) is 3.45. The second kappa shape index (κ2) is 7.10. The number of halogens is 1. The number of hydrogen-bond acceptors (Lipinski definition) is 6. The molecule has 0 N–H and O–H groups in total. The van der Waals surface area contributed by atoms with Crippen molar-refractivity contribution in [2.75, 3.05) is 0 Å². The van der Waals surface area contributed by atoms with Crippen molar-refractivity contribution in [3.63, 3.8) is 0 Å². The van der Waals surface area contributed by atoms with Gasteiger partial charge in [0, 0.05) is 0 Å². The zero-order valence-corrected chi connectivity index (χ0v) is 13.4. The van der Waals surface area contributed by atoms with Crippen molar-refractivity contribution in [2.24, 2.45) is 0 Å². The molecule has 122 valence electrons. The van der Waals surface area contributed by atoms with Gasteiger partial charge in [0.15, 0.2) is 6.10 Å². The van der Waals surface area contributed by atoms with E-state index in [4.69, 9.17) is 21.1 Å². The zero-order valence-electron chi connectivity index (χ0n) is 12.7. The number of esters is 1. The number of aromatic nitrogens is 4. The van der Waals surface area contributed by atoms with Gasteiger partial charge in [0.2, 0.25) is 0 Å². The minimum absolute atomic E-state index is 0.395. The molecule has 3 aromatic rings. The lowest BCUT2D eigenvalue weighted by Crippen LogP contribution is -2.28. The summed E-state index contributed by atoms with van der Waals surface area (Å²) in [6.07, 6.45) is 0.671. The van der Waals surface area contributed by atoms with E-state index in [0.29, 0.717) is 16.5 Å². The SMILES string of the molecule is C[C@H](Oc1ccccc1Cl)C(=O)Oc1ccc(-n2cnnn2)cc1. The summed E-state index contributed by atoms with van der Waals surface area (Å²) in [5.41, 5.74) is 0.750. The fourth-order valence-electron chi connectivity index (χ4n) is 1.92. The van der Waals surface area contributed by atoms with E-state index >= 15 is 0 Å². The van der Waals surface area contributed by atoms with E-state index < -0.39 is 12.1 Å². The molecule has 0 aliphatic heterocycles. The number of carbonyl (C=O) groups is 1. The molecule has 0 radical (unpaired) electrons. The van der Waals surface area contributed by atoms with Crippen molar-refractivity contribution in [1.29, 1.82) is 0 Å². The van der Waals surface area contributed by atoms with Crippen molar-refractivity contribution in [3.8, 4) is 17.2 Å². The molecule has 0 aliphatic carbocycles. The van der Waals surface area contributed by atoms with E-state index in [-0.39, 0.29) is 0 Å². The fraction of sp³-hybridized carbons (Fsp3) is 0.125. The molecule has 0 saturated carbocycles. The average Bonchev–Trinajstić information content (AvgIpc) is 3.12. The lowest BCUT2D eigenvalue weighted by atomic mass is 10.3. The van der Waals surface area contributed by atoms with Crippen LogP contribution in [0.2, 0.25) is 5.02 Å². The summed E-state index contributed by atoms with van der Waals surface area (Å²) in [6.45, 7) is 1.60. The smallest absolute Gasteiger partial charge is 0.352 e. The second-order valence-electron chi connectivity index (χ2n) is 4.86. The summed E-state index contributed by atoms with van der Waals surface area (Å²) in [4.78, 5) is 12.1. The summed E-state index contributed by atoms with van der Waals surface area (Å²) < 4.78 is 12.3. The van der Waals surface area contributed by atoms with Crippen molar-refractivity contribution in [3.05, 3.63) is 59.9 Å². The topological polar surface area (TPSA) is 79.1 Å². The van der Waals surface area contributed by atoms with Crippen LogP contribution in [0.3, 0.4) is 0 Å². The molecule has 0 unspecified atom stereocenters. The Hall–Kier alpha value is -2.93. The molecule has 24 heavy (non-hydrogen) atoms. The number of rotatable bonds is 5. The molecule has 1 atom stereocenters. The summed E-state index contributed by atoms with van der Waals surface area (Å²) in [5, 5.41) is 11.3. The first-order valence-electron chi connectivity index (χ1n) is 7.10. The van der Waals surface area contributed by atoms with Gasteiger partial charge in [-0.25, -0.2) is 9.48 Å². The summed E-state index contributed by atoms with van der Waals surface area (Å²) in [7, 11) is 0. The van der Waals surface area contributed by atoms with Gasteiger partial charge in [0.25, 0.3) is 0 Å². The van der Waals surface area contributed by atoms with E-state index in [1.165, 1.54) is 11.0 Å². The number of ether oxygens (including phenoxy) is 2. The lowest BCUT2D eigenvalue weighted by molar-refractivity contribution is -0.141. The van der Waals surface area contributed by atoms with Crippen LogP contribution < -0.4 is 9.47 Å². The summed E-state index contributed by atoms with van der Waals surface area (Å²) in [6, 6.07) is 13.7. The third-order valence-electron chi connectivity index (χ3n) is 3.14. The maximum absolute atomic E-state index is 12.1. The van der Waals surface area contributed by atoms with Gasteiger partial charge in [0.1, 0.15) is 17.8 Å². The Morgan fingerprint density at radius 2 is 1.92 bits per heavy atom. The Morgan fingerprint density at radius 1 is 1.17 bits per heavy atom. The highest BCUT2D eigenvalue weighted by Gasteiger charge is 2.18. The Bertz CT molecular complexity index is 822. The van der Waals surface area contributed by atoms with Crippen LogP contribution in [0, 0.1) is 0 Å². The molecule has 2 aromatic carbocycles. The summed E-state index contributed by atoms with van der Waals surface area (Å²) in [5.74, 6) is 0.300. The maximum Gasteiger partial charge on any atom is 0.352 e. The quantitative estimate of drug-likeness (QED) is 0.523. The van der Waals surface area contributed by atoms with Crippen molar-refractivity contribution in [2.45, 2.75) is 13.0 Å². The van der Waals surface area contributed by atoms with Crippen LogP contribution >= 0.6 is 11.6 Å². The van der Waals surface area contributed by atoms with Crippen molar-refractivity contribution < 1.29 is 14.3 Å². The van der Waals surface area contributed by atoms with Gasteiger partial charge in [-0.3, -0.25) is 0 Å². The number of nitrogens with zero attached hydrogens (tertiary/aromatic N) is 4. The van der Waals surface area contributed by atoms with Gasteiger partial charge in [0.05, 0.1) is 10.7 Å². The zero-order chi connectivity index (χ0) is 16.9. The molecule has 0 aliphatic rings. The van der Waals surface area contributed by atoms with Crippen LogP contribution in [0.25, 0.3) is 5.69 Å². The van der Waals surface area contributed by atoms with Crippen LogP contribution in [-0.4, -0.2) is 32.3 Å². The summed E-state index contributed by atoms with van der Waals surface area (Å²) >= 11 is 6.00. The predicted octanol–water partition coefficient (Wildman–Crippen LogP) is 2.69. The van der Waals surface area contributed by atoms with E-state index in [1.54, 1.807) is 55.5 Å². The van der Waals surface area contributed by atoms with Crippen LogP contribution in [0.4, 0.5) is 0 Å². The first-order chi connectivity index (χ1) is 11.6. The van der Waals surface area contributed by atoms with Gasteiger partial charge < -0.3 is 9.47 Å². The van der Waals surface area contributed by atoms with E-state index in [0.717, 1.165) is 5.69 Å². The van der Waals surface area contributed by atoms with Crippen LogP contribution in [0.5, 0.6) is 11.5 Å². The third kappa shape index (κ3) is 3.69. The Kier molecular flexibility index (Phi) is 4.72. The average molecular weight is 345 g/mol. The Balaban J connectivity index is 1.63. The van der Waals surface area contributed by atoms with Crippen molar-refractivity contribution >= 4 is 17.6 Å². The standard InChI is InChI=1S/C16H13ClN4O3/c1-11(23-15-5-3-2-4-14(15)17)16(22)24-13-8-6-12(7-9-13)21-10-18-19-20-21/h2-11H,1H3/t11-/m0/s1. The monoisotopic (exact) mass is 344 g/mol. The molecule has 0 spiro atoms. The second-order valence-corrected chi connectivity index (χ2v) is 5.27. The molecule has 0 saturated heterocycles. The van der Waals surface area contributed by atoms with E-state index in [2.05, 4.69) is 15.5 Å². The van der Waals surface area contributed by atoms with Crippen LogP contribution in [0.15, 0.2) is 54.9 Å². The van der Waals surface area contributed by atoms with Gasteiger partial charge in [-0.15, -0.1) is 5.10 Å². The van der Waals surface area contributed by atoms with E-state index in [1.807, 2.05) is 0 Å². The molecule has 0 fully saturated rings. The van der Waals surface area contributed by atoms with Gasteiger partial charge in [-0.1, -0.05) is 23.7 Å². The molecule has 8 heteroatoms. The minimum atomic E-state index is -0.802. The molecular weight excluding hydrogens is 332 g/mol. The Morgan fingerprint density at radius 3 is 2.58 bits per heavy atom. The molecular formula is C16H13ClN4O3. The number of carbonyl (C=O) groups excluding carboxylic acids is 1. The largest absolute Gasteiger partial charge is 0.477 e. The highest BCUT2D eigenvalue weighted by Crippen LogP contribution is 2.24. The van der Waals surface area contributed by atoms with E-state index in [9.17, 15) is 4.79 Å². The normalized spacial score (nSPS) is 11.8. The molecule has 7 nitrogen and oxygen atoms in total. The Labute approximate surface area is 142 Å². The van der Waals surface area contributed by atoms with Gasteiger partial charge >= 0.3 is 5.97 Å². The number of benzene rings is 2. The predicted molar refractivity (Wildman–Crippen MR) is 86.3 cm³/mol. The highest BCUT2D eigenvalue weighted by molar-refractivity contribution is 6.32. The number of hydrogen-bond donors (Lipinski definition) is 0. The van der Waals surface area contributed by atoms with Crippen LogP contribution in [-0.2, 0) is 4.79 Å². The molecule has 1 heterocycles. The maximum atomic E-state index is 12.1. The van der Waals surface area contributed by atoms with Gasteiger partial charge in [-0.05, 0) is 53.7 Å². The fourth-order valence-corrected chi connectivity index (χ4v) is 2.10.